The van der Waals surface area contributed by atoms with Crippen LogP contribution in [0.4, 0.5) is 8.78 Å². The lowest BCUT2D eigenvalue weighted by Gasteiger charge is -2.30. The number of carbonyl (C=O) groups is 1. The third-order valence-electron chi connectivity index (χ3n) is 15.0. The number of aromatic amines is 1. The lowest BCUT2D eigenvalue weighted by atomic mass is 9.87. The SMILES string of the molecule is Cc1cc(-n2nc3c(c2-n2ccn(-c4ccc5c(cnn5C)c4F)c2=O)[C@H](C)N(C(=O)c2cc4cc([C@H]5CCOC6(CC6)C5)ccc4n2[C@@]2(c4noc(=O)[nH]4)C[C@@H]2C)CCC3)cc(C)c1F. The third-order valence-corrected chi connectivity index (χ3v) is 15.0. The summed E-state index contributed by atoms with van der Waals surface area (Å²) in [5.41, 5.74) is 4.32. The summed E-state index contributed by atoms with van der Waals surface area (Å²) in [4.78, 5) is 47.6. The summed E-state index contributed by atoms with van der Waals surface area (Å²) in [7, 11) is 1.72. The second kappa shape index (κ2) is 14.3. The summed E-state index contributed by atoms with van der Waals surface area (Å²) in [6.07, 6.45) is 10.2. The lowest BCUT2D eigenvalue weighted by molar-refractivity contribution is -0.0132. The van der Waals surface area contributed by atoms with Crippen LogP contribution >= 0.6 is 0 Å². The van der Waals surface area contributed by atoms with E-state index in [1.54, 1.807) is 60.7 Å². The van der Waals surface area contributed by atoms with Crippen LogP contribution in [0.15, 0.2) is 81.2 Å². The maximum atomic E-state index is 16.2. The monoisotopic (exact) mass is 894 g/mol. The van der Waals surface area contributed by atoms with Crippen LogP contribution in [0.3, 0.4) is 0 Å². The normalized spacial score (nSPS) is 22.3. The molecule has 3 fully saturated rings. The molecule has 0 radical (unpaired) electrons. The van der Waals surface area contributed by atoms with Gasteiger partial charge in [0.1, 0.15) is 22.9 Å². The molecule has 1 amide bonds. The molecule has 15 nitrogen and oxygen atoms in total. The Balaban J connectivity index is 1.01. The Hall–Kier alpha value is -6.88. The van der Waals surface area contributed by atoms with Crippen LogP contribution in [-0.4, -0.2) is 73.0 Å². The zero-order chi connectivity index (χ0) is 45.6. The van der Waals surface area contributed by atoms with Gasteiger partial charge in [0.25, 0.3) is 5.91 Å². The number of fused-ring (bicyclic) bond motifs is 3. The summed E-state index contributed by atoms with van der Waals surface area (Å²) in [5, 5.41) is 14.7. The molecule has 4 aliphatic rings. The Morgan fingerprint density at radius 2 is 1.70 bits per heavy atom. The minimum atomic E-state index is -0.851. The predicted octanol–water partition coefficient (Wildman–Crippen LogP) is 7.59. The average Bonchev–Trinajstić information content (AvgIpc) is 3.74. The minimum Gasteiger partial charge on any atom is -0.375 e. The van der Waals surface area contributed by atoms with E-state index in [0.717, 1.165) is 43.2 Å². The first-order valence-electron chi connectivity index (χ1n) is 22.7. The zero-order valence-corrected chi connectivity index (χ0v) is 37.3. The van der Waals surface area contributed by atoms with Gasteiger partial charge >= 0.3 is 11.4 Å². The van der Waals surface area contributed by atoms with Crippen LogP contribution in [-0.2, 0) is 23.7 Å². The first kappa shape index (κ1) is 40.6. The largest absolute Gasteiger partial charge is 0.438 e. The van der Waals surface area contributed by atoms with Crippen LogP contribution in [0, 0.1) is 31.4 Å². The molecular weight excluding hydrogens is 847 g/mol. The molecule has 1 N–H and O–H groups in total. The number of carbonyl (C=O) groups excluding carboxylic acids is 1. The van der Waals surface area contributed by atoms with E-state index in [1.807, 2.05) is 22.5 Å². The highest BCUT2D eigenvalue weighted by molar-refractivity contribution is 6.00. The van der Waals surface area contributed by atoms with Crippen LogP contribution < -0.4 is 11.4 Å². The number of nitrogens with zero attached hydrogens (tertiary/aromatic N) is 9. The fourth-order valence-electron chi connectivity index (χ4n) is 11.3. The lowest BCUT2D eigenvalue weighted by Crippen LogP contribution is -2.37. The number of amides is 1. The molecule has 17 heteroatoms. The summed E-state index contributed by atoms with van der Waals surface area (Å²) in [5.74, 6) is -0.803. The van der Waals surface area contributed by atoms with Crippen molar-refractivity contribution in [3.63, 3.8) is 0 Å². The van der Waals surface area contributed by atoms with Crippen molar-refractivity contribution in [1.29, 1.82) is 0 Å². The summed E-state index contributed by atoms with van der Waals surface area (Å²) in [6, 6.07) is 14.4. The van der Waals surface area contributed by atoms with E-state index in [0.29, 0.717) is 82.6 Å². The van der Waals surface area contributed by atoms with Gasteiger partial charge in [-0.05, 0) is 137 Å². The van der Waals surface area contributed by atoms with Crippen LogP contribution in [0.5, 0.6) is 0 Å². The van der Waals surface area contributed by atoms with E-state index >= 15 is 13.6 Å². The zero-order valence-electron chi connectivity index (χ0n) is 37.3. The van der Waals surface area contributed by atoms with E-state index in [1.165, 1.54) is 27.1 Å². The Morgan fingerprint density at radius 1 is 0.939 bits per heavy atom. The van der Waals surface area contributed by atoms with E-state index in [2.05, 4.69) is 40.4 Å². The van der Waals surface area contributed by atoms with Crippen LogP contribution in [0.1, 0.15) is 109 Å². The summed E-state index contributed by atoms with van der Waals surface area (Å²) < 4.78 is 50.5. The molecular formula is C49H48F2N10O5. The van der Waals surface area contributed by atoms with E-state index in [4.69, 9.17) is 14.4 Å². The Morgan fingerprint density at radius 3 is 2.42 bits per heavy atom. The first-order valence-corrected chi connectivity index (χ1v) is 22.7. The molecule has 2 saturated carbocycles. The number of halogens is 2. The fourth-order valence-corrected chi connectivity index (χ4v) is 11.3. The van der Waals surface area contributed by atoms with Gasteiger partial charge in [0.2, 0.25) is 0 Å². The van der Waals surface area contributed by atoms with Gasteiger partial charge < -0.3 is 14.2 Å². The minimum absolute atomic E-state index is 0.00512. The molecule has 7 heterocycles. The number of ether oxygens (including phenoxy) is 1. The Kier molecular flexibility index (Phi) is 8.81. The molecule has 1 spiro atoms. The van der Waals surface area contributed by atoms with E-state index in [9.17, 15) is 9.59 Å². The summed E-state index contributed by atoms with van der Waals surface area (Å²) in [6.45, 7) is 8.46. The van der Waals surface area contributed by atoms with Gasteiger partial charge in [-0.25, -0.2) is 23.1 Å². The molecule has 0 bridgehead atoms. The second-order valence-electron chi connectivity index (χ2n) is 19.1. The molecule has 0 unspecified atom stereocenters. The third kappa shape index (κ3) is 5.93. The van der Waals surface area contributed by atoms with E-state index in [-0.39, 0.29) is 34.3 Å². The predicted molar refractivity (Wildman–Crippen MR) is 240 cm³/mol. The van der Waals surface area contributed by atoms with Crippen molar-refractivity contribution in [3.8, 4) is 17.2 Å². The van der Waals surface area contributed by atoms with Crippen molar-refractivity contribution in [2.75, 3.05) is 13.2 Å². The molecule has 8 aromatic rings. The van der Waals surface area contributed by atoms with Crippen molar-refractivity contribution in [3.05, 3.63) is 139 Å². The highest BCUT2D eigenvalue weighted by atomic mass is 19.1. The number of H-pyrrole nitrogens is 1. The van der Waals surface area contributed by atoms with Gasteiger partial charge in [-0.15, -0.1) is 0 Å². The number of nitrogens with one attached hydrogen (secondary N) is 1. The number of imidazole rings is 1. The number of benzene rings is 3. The molecule has 338 valence electrons. The molecule has 66 heavy (non-hydrogen) atoms. The van der Waals surface area contributed by atoms with Crippen LogP contribution in [0.2, 0.25) is 0 Å². The van der Waals surface area contributed by atoms with Crippen molar-refractivity contribution < 1.29 is 22.8 Å². The van der Waals surface area contributed by atoms with Gasteiger partial charge in [-0.1, -0.05) is 18.1 Å². The van der Waals surface area contributed by atoms with Crippen molar-refractivity contribution in [1.82, 2.24) is 48.3 Å². The van der Waals surface area contributed by atoms with Crippen molar-refractivity contribution in [2.45, 2.75) is 95.7 Å². The standard InChI is InChI=1S/C49H48F2N10O5/c1-26-19-33(20-27(2)41(26)50)61-43(59-17-16-58(47(59)64)38-11-10-37-34(42(38)51)25-52-56(37)5)40-29(4)57(15-6-7-35(40)54-61)44(62)39-22-32-21-30(31-12-18-65-48(24-31)13-14-48)8-9-36(32)60(39)49(23-28(49)3)45-53-46(63)66-55-45/h8-11,16-17,19-22,25,28-29,31H,6-7,12-15,18,23-24H2,1-5H3,(H,53,55,63)/t28-,29-,31-,49-/m0/s1. The van der Waals surface area contributed by atoms with Crippen molar-refractivity contribution in [2.24, 2.45) is 13.0 Å². The van der Waals surface area contributed by atoms with Gasteiger partial charge in [-0.2, -0.15) is 10.2 Å². The maximum Gasteiger partial charge on any atom is 0.438 e. The molecule has 4 atom stereocenters. The quantitative estimate of drug-likeness (QED) is 0.172. The van der Waals surface area contributed by atoms with Gasteiger partial charge in [0.05, 0.1) is 45.8 Å². The van der Waals surface area contributed by atoms with Crippen LogP contribution in [0.25, 0.3) is 39.0 Å². The highest BCUT2D eigenvalue weighted by Gasteiger charge is 2.59. The Bertz CT molecular complexity index is 3430. The number of hydrogen-bond donors (Lipinski definition) is 1. The topological polar surface area (TPSA) is 156 Å². The first-order chi connectivity index (χ1) is 31.8. The molecule has 12 rings (SSSR count). The Labute approximate surface area is 376 Å². The van der Waals surface area contributed by atoms with Gasteiger partial charge in [0, 0.05) is 49.1 Å². The highest BCUT2D eigenvalue weighted by Crippen LogP contribution is 2.56. The number of aromatic nitrogens is 9. The smallest absolute Gasteiger partial charge is 0.375 e. The molecule has 2 aliphatic carbocycles. The van der Waals surface area contributed by atoms with Gasteiger partial charge in [-0.3, -0.25) is 28.1 Å². The molecule has 1 saturated heterocycles. The summed E-state index contributed by atoms with van der Waals surface area (Å²) >= 11 is 0. The molecule has 5 aromatic heterocycles. The number of hydrogen-bond acceptors (Lipinski definition) is 8. The van der Waals surface area contributed by atoms with Gasteiger partial charge in [0.15, 0.2) is 11.6 Å². The maximum absolute atomic E-state index is 16.2. The van der Waals surface area contributed by atoms with Crippen molar-refractivity contribution >= 4 is 27.7 Å². The molecule has 2 aliphatic heterocycles. The number of rotatable bonds is 7. The molecule has 3 aromatic carbocycles. The second-order valence-corrected chi connectivity index (χ2v) is 19.1. The average molecular weight is 895 g/mol. The van der Waals surface area contributed by atoms with E-state index < -0.39 is 28.8 Å². The fraction of sp³-hybridized carbons (Fsp3) is 0.388. The number of aryl methyl sites for hydroxylation is 4.